The lowest BCUT2D eigenvalue weighted by Crippen LogP contribution is -2.20. The number of alkyl halides is 2. The van der Waals surface area contributed by atoms with E-state index < -0.39 is 24.2 Å². The molecule has 0 bridgehead atoms. The van der Waals surface area contributed by atoms with Crippen molar-refractivity contribution < 1.29 is 27.5 Å². The summed E-state index contributed by atoms with van der Waals surface area (Å²) in [7, 11) is 0. The van der Waals surface area contributed by atoms with E-state index in [-0.39, 0.29) is 5.82 Å². The molecule has 0 saturated heterocycles. The van der Waals surface area contributed by atoms with Crippen LogP contribution in [-0.4, -0.2) is 24.2 Å². The highest BCUT2D eigenvalue weighted by atomic mass is 32.2. The number of halogens is 3. The van der Waals surface area contributed by atoms with Gasteiger partial charge in [0.25, 0.3) is 11.7 Å². The third kappa shape index (κ3) is 7.02. The largest absolute Gasteiger partial charge is 0.452 e. The number of thioether (sulfide) groups is 1. The van der Waals surface area contributed by atoms with Crippen LogP contribution >= 0.6 is 11.8 Å². The van der Waals surface area contributed by atoms with Crippen molar-refractivity contribution in [1.82, 2.24) is 0 Å². The molecule has 2 aromatic rings. The molecule has 8 heteroatoms. The number of esters is 1. The van der Waals surface area contributed by atoms with E-state index in [4.69, 9.17) is 4.74 Å². The standard InChI is InChI=1S/C18H14F3NO3S/c19-13-4-1-12(2-5-13)3-10-17(24)25-11-16(23)22-14-6-8-15(9-7-14)26-18(20)21/h1-10,18H,11H2,(H,22,23)/b10-3+. The Kier molecular flexibility index (Phi) is 7.28. The third-order valence-corrected chi connectivity index (χ3v) is 3.71. The van der Waals surface area contributed by atoms with E-state index in [1.807, 2.05) is 0 Å². The summed E-state index contributed by atoms with van der Waals surface area (Å²) < 4.78 is 42.0. The first kappa shape index (κ1) is 19.6. The fraction of sp³-hybridized carbons (Fsp3) is 0.111. The summed E-state index contributed by atoms with van der Waals surface area (Å²) in [5.41, 5.74) is 1.00. The molecule has 2 aromatic carbocycles. The fourth-order valence-corrected chi connectivity index (χ4v) is 2.34. The number of amides is 1. The number of carbonyl (C=O) groups is 2. The number of ether oxygens (including phenoxy) is 1. The van der Waals surface area contributed by atoms with Crippen LogP contribution in [0.1, 0.15) is 5.56 Å². The molecule has 0 aliphatic heterocycles. The molecule has 0 atom stereocenters. The maximum absolute atomic E-state index is 12.8. The van der Waals surface area contributed by atoms with E-state index in [1.54, 1.807) is 0 Å². The number of rotatable bonds is 7. The maximum Gasteiger partial charge on any atom is 0.331 e. The molecule has 0 aliphatic rings. The second kappa shape index (κ2) is 9.67. The van der Waals surface area contributed by atoms with Crippen molar-refractivity contribution in [1.29, 1.82) is 0 Å². The van der Waals surface area contributed by atoms with Crippen LogP contribution in [0.2, 0.25) is 0 Å². The molecule has 0 aromatic heterocycles. The van der Waals surface area contributed by atoms with E-state index in [2.05, 4.69) is 5.32 Å². The normalized spacial score (nSPS) is 10.9. The fourth-order valence-electron chi connectivity index (χ4n) is 1.84. The minimum absolute atomic E-state index is 0.371. The molecule has 0 fully saturated rings. The van der Waals surface area contributed by atoms with Crippen LogP contribution in [0, 0.1) is 5.82 Å². The Balaban J connectivity index is 1.77. The number of hydrogen-bond donors (Lipinski definition) is 1. The maximum atomic E-state index is 12.8. The summed E-state index contributed by atoms with van der Waals surface area (Å²) >= 11 is 0.401. The van der Waals surface area contributed by atoms with Crippen molar-refractivity contribution in [2.75, 3.05) is 11.9 Å². The van der Waals surface area contributed by atoms with E-state index >= 15 is 0 Å². The average Bonchev–Trinajstić information content (AvgIpc) is 2.61. The molecular weight excluding hydrogens is 367 g/mol. The number of nitrogens with one attached hydrogen (secondary N) is 1. The van der Waals surface area contributed by atoms with Crippen LogP contribution in [0.4, 0.5) is 18.9 Å². The Morgan fingerprint density at radius 3 is 2.35 bits per heavy atom. The van der Waals surface area contributed by atoms with Crippen LogP contribution in [-0.2, 0) is 14.3 Å². The van der Waals surface area contributed by atoms with E-state index in [0.717, 1.165) is 6.08 Å². The number of benzene rings is 2. The molecule has 26 heavy (non-hydrogen) atoms. The predicted octanol–water partition coefficient (Wildman–Crippen LogP) is 4.34. The average molecular weight is 381 g/mol. The van der Waals surface area contributed by atoms with Gasteiger partial charge in [-0.1, -0.05) is 23.9 Å². The van der Waals surface area contributed by atoms with Gasteiger partial charge in [-0.3, -0.25) is 4.79 Å². The number of hydrogen-bond acceptors (Lipinski definition) is 4. The Hall–Kier alpha value is -2.74. The molecule has 0 saturated carbocycles. The van der Waals surface area contributed by atoms with Gasteiger partial charge in [0, 0.05) is 16.7 Å². The van der Waals surface area contributed by atoms with Crippen LogP contribution in [0.3, 0.4) is 0 Å². The molecule has 1 amide bonds. The van der Waals surface area contributed by atoms with Crippen LogP contribution < -0.4 is 5.32 Å². The zero-order valence-electron chi connectivity index (χ0n) is 13.3. The molecule has 2 rings (SSSR count). The quantitative estimate of drug-likeness (QED) is 0.441. The van der Waals surface area contributed by atoms with Gasteiger partial charge in [-0.15, -0.1) is 0 Å². The first-order chi connectivity index (χ1) is 12.4. The van der Waals surface area contributed by atoms with Crippen molar-refractivity contribution in [2.24, 2.45) is 0 Å². The molecule has 0 spiro atoms. The van der Waals surface area contributed by atoms with Gasteiger partial charge < -0.3 is 10.1 Å². The monoisotopic (exact) mass is 381 g/mol. The van der Waals surface area contributed by atoms with Crippen LogP contribution in [0.15, 0.2) is 59.5 Å². The van der Waals surface area contributed by atoms with Crippen molar-refractivity contribution in [3.05, 3.63) is 66.0 Å². The van der Waals surface area contributed by atoms with Crippen molar-refractivity contribution in [2.45, 2.75) is 10.7 Å². The number of anilines is 1. The first-order valence-electron chi connectivity index (χ1n) is 7.37. The van der Waals surface area contributed by atoms with Crippen LogP contribution in [0.5, 0.6) is 0 Å². The van der Waals surface area contributed by atoms with Gasteiger partial charge >= 0.3 is 5.97 Å². The van der Waals surface area contributed by atoms with E-state index in [1.165, 1.54) is 54.6 Å². The van der Waals surface area contributed by atoms with Crippen molar-refractivity contribution in [3.8, 4) is 0 Å². The van der Waals surface area contributed by atoms with Gasteiger partial charge in [-0.2, -0.15) is 8.78 Å². The summed E-state index contributed by atoms with van der Waals surface area (Å²) in [6, 6.07) is 11.3. The number of carbonyl (C=O) groups excluding carboxylic acids is 2. The molecule has 0 unspecified atom stereocenters. The summed E-state index contributed by atoms with van der Waals surface area (Å²) in [6.45, 7) is -0.500. The van der Waals surface area contributed by atoms with Gasteiger partial charge in [0.1, 0.15) is 5.82 Å². The lowest BCUT2D eigenvalue weighted by molar-refractivity contribution is -0.142. The summed E-state index contributed by atoms with van der Waals surface area (Å²) in [4.78, 5) is 23.6. The van der Waals surface area contributed by atoms with Crippen LogP contribution in [0.25, 0.3) is 6.08 Å². The molecule has 0 radical (unpaired) electrons. The Morgan fingerprint density at radius 1 is 1.08 bits per heavy atom. The minimum Gasteiger partial charge on any atom is -0.452 e. The summed E-state index contributed by atoms with van der Waals surface area (Å²) in [5, 5.41) is 2.48. The molecule has 1 N–H and O–H groups in total. The lowest BCUT2D eigenvalue weighted by atomic mass is 10.2. The predicted molar refractivity (Wildman–Crippen MR) is 93.3 cm³/mol. The molecule has 136 valence electrons. The van der Waals surface area contributed by atoms with Gasteiger partial charge in [-0.05, 0) is 48.0 Å². The highest BCUT2D eigenvalue weighted by Crippen LogP contribution is 2.26. The lowest BCUT2D eigenvalue weighted by Gasteiger charge is -2.06. The molecule has 0 aliphatic carbocycles. The van der Waals surface area contributed by atoms with Gasteiger partial charge in [-0.25, -0.2) is 9.18 Å². The highest BCUT2D eigenvalue weighted by Gasteiger charge is 2.08. The molecule has 0 heterocycles. The summed E-state index contributed by atoms with van der Waals surface area (Å²) in [5.74, 6) is -4.20. The van der Waals surface area contributed by atoms with Crippen molar-refractivity contribution >= 4 is 35.4 Å². The second-order valence-electron chi connectivity index (χ2n) is 4.94. The molecular formula is C18H14F3NO3S. The zero-order valence-corrected chi connectivity index (χ0v) is 14.1. The Labute approximate surface area is 152 Å². The SMILES string of the molecule is O=C(COC(=O)/C=C/c1ccc(F)cc1)Nc1ccc(SC(F)F)cc1. The smallest absolute Gasteiger partial charge is 0.331 e. The van der Waals surface area contributed by atoms with Gasteiger partial charge in [0.15, 0.2) is 6.61 Å². The van der Waals surface area contributed by atoms with Gasteiger partial charge in [0.05, 0.1) is 0 Å². The minimum atomic E-state index is -2.52. The second-order valence-corrected chi connectivity index (χ2v) is 6.01. The highest BCUT2D eigenvalue weighted by molar-refractivity contribution is 7.99. The van der Waals surface area contributed by atoms with Gasteiger partial charge in [0.2, 0.25) is 0 Å². The first-order valence-corrected chi connectivity index (χ1v) is 8.25. The third-order valence-electron chi connectivity index (χ3n) is 2.99. The summed E-state index contributed by atoms with van der Waals surface area (Å²) in [6.07, 6.45) is 2.55. The molecule has 4 nitrogen and oxygen atoms in total. The Morgan fingerprint density at radius 2 is 1.73 bits per heavy atom. The zero-order chi connectivity index (χ0) is 18.9. The van der Waals surface area contributed by atoms with E-state index in [9.17, 15) is 22.8 Å². The van der Waals surface area contributed by atoms with Crippen molar-refractivity contribution in [3.63, 3.8) is 0 Å². The Bertz CT molecular complexity index is 777. The topological polar surface area (TPSA) is 55.4 Å². The van der Waals surface area contributed by atoms with E-state index in [0.29, 0.717) is 27.9 Å².